The van der Waals surface area contributed by atoms with Gasteiger partial charge in [-0.05, 0) is 31.2 Å². The van der Waals surface area contributed by atoms with Gasteiger partial charge in [-0.1, -0.05) is 68.8 Å². The number of hydrogen-bond acceptors (Lipinski definition) is 3. The lowest BCUT2D eigenvalue weighted by molar-refractivity contribution is 0.495. The third-order valence-corrected chi connectivity index (χ3v) is 4.86. The molecule has 0 aromatic heterocycles. The summed E-state index contributed by atoms with van der Waals surface area (Å²) >= 11 is 1.88. The average molecular weight is 305 g/mol. The minimum atomic E-state index is 0.433. The summed E-state index contributed by atoms with van der Waals surface area (Å²) < 4.78 is 0. The molecule has 0 spiro atoms. The lowest BCUT2D eigenvalue weighted by Gasteiger charge is -2.14. The Morgan fingerprint density at radius 2 is 1.95 bits per heavy atom. The molecular weight excluding hydrogens is 276 g/mol. The molecule has 1 aliphatic heterocycles. The van der Waals surface area contributed by atoms with Crippen LogP contribution in [-0.4, -0.2) is 23.0 Å². The Balaban J connectivity index is 1.73. The van der Waals surface area contributed by atoms with Crippen LogP contribution in [0.15, 0.2) is 35.3 Å². The maximum absolute atomic E-state index is 4.83. The molecule has 2 rings (SSSR count). The van der Waals surface area contributed by atoms with Gasteiger partial charge in [-0.3, -0.25) is 4.99 Å². The van der Waals surface area contributed by atoms with Gasteiger partial charge in [0.1, 0.15) is 0 Å². The lowest BCUT2D eigenvalue weighted by atomic mass is 10.0. The molecule has 21 heavy (non-hydrogen) atoms. The van der Waals surface area contributed by atoms with Crippen molar-refractivity contribution in [2.45, 2.75) is 58.5 Å². The van der Waals surface area contributed by atoms with Crippen LogP contribution in [0.3, 0.4) is 0 Å². The van der Waals surface area contributed by atoms with E-state index in [1.165, 1.54) is 24.8 Å². The highest BCUT2D eigenvalue weighted by Gasteiger charge is 2.19. The van der Waals surface area contributed by atoms with Gasteiger partial charge in [0.15, 0.2) is 5.17 Å². The van der Waals surface area contributed by atoms with Crippen LogP contribution in [0.1, 0.15) is 45.6 Å². The van der Waals surface area contributed by atoms with Crippen LogP contribution in [0, 0.1) is 5.92 Å². The van der Waals surface area contributed by atoms with E-state index < -0.39 is 0 Å². The van der Waals surface area contributed by atoms with Gasteiger partial charge in [-0.15, -0.1) is 0 Å². The highest BCUT2D eigenvalue weighted by atomic mass is 32.2. The van der Waals surface area contributed by atoms with Gasteiger partial charge in [-0.2, -0.15) is 0 Å². The van der Waals surface area contributed by atoms with Crippen LogP contribution in [0.5, 0.6) is 0 Å². The Hall–Kier alpha value is -0.960. The van der Waals surface area contributed by atoms with E-state index in [4.69, 9.17) is 4.99 Å². The molecule has 2 unspecified atom stereocenters. The third-order valence-electron chi connectivity index (χ3n) is 3.81. The SMILES string of the molecule is CC(C)CCCC(C)NC1=NC(Cc2ccccc2)CS1. The summed E-state index contributed by atoms with van der Waals surface area (Å²) in [5, 5.41) is 4.73. The summed E-state index contributed by atoms with van der Waals surface area (Å²) in [6.45, 7) is 6.86. The van der Waals surface area contributed by atoms with Crippen molar-refractivity contribution >= 4 is 16.9 Å². The first-order chi connectivity index (χ1) is 10.1. The lowest BCUT2D eigenvalue weighted by Crippen LogP contribution is -2.29. The van der Waals surface area contributed by atoms with Crippen LogP contribution >= 0.6 is 11.8 Å². The zero-order valence-corrected chi connectivity index (χ0v) is 14.3. The summed E-state index contributed by atoms with van der Waals surface area (Å²) in [5.41, 5.74) is 1.39. The summed E-state index contributed by atoms with van der Waals surface area (Å²) in [7, 11) is 0. The van der Waals surface area contributed by atoms with Gasteiger partial charge in [0.25, 0.3) is 0 Å². The molecule has 2 nitrogen and oxygen atoms in total. The first kappa shape index (κ1) is 16.4. The summed E-state index contributed by atoms with van der Waals surface area (Å²) in [5.74, 6) is 1.92. The van der Waals surface area contributed by atoms with Crippen molar-refractivity contribution in [1.29, 1.82) is 0 Å². The molecular formula is C18H28N2S. The molecule has 0 aliphatic carbocycles. The molecule has 116 valence electrons. The number of amidine groups is 1. The topological polar surface area (TPSA) is 24.4 Å². The van der Waals surface area contributed by atoms with E-state index in [0.717, 1.165) is 23.3 Å². The van der Waals surface area contributed by atoms with Crippen molar-refractivity contribution in [3.05, 3.63) is 35.9 Å². The fraction of sp³-hybridized carbons (Fsp3) is 0.611. The molecule has 0 radical (unpaired) electrons. The molecule has 0 amide bonds. The third kappa shape index (κ3) is 6.13. The van der Waals surface area contributed by atoms with Crippen molar-refractivity contribution < 1.29 is 0 Å². The number of benzene rings is 1. The molecule has 1 aromatic rings. The van der Waals surface area contributed by atoms with Gasteiger partial charge in [0.2, 0.25) is 0 Å². The second kappa shape index (κ2) is 8.47. The van der Waals surface area contributed by atoms with E-state index in [2.05, 4.69) is 56.4 Å². The van der Waals surface area contributed by atoms with Crippen LogP contribution < -0.4 is 5.32 Å². The van der Waals surface area contributed by atoms with E-state index in [9.17, 15) is 0 Å². The number of hydrogen-bond donors (Lipinski definition) is 1. The van der Waals surface area contributed by atoms with Gasteiger partial charge < -0.3 is 5.32 Å². The van der Waals surface area contributed by atoms with E-state index in [-0.39, 0.29) is 0 Å². The van der Waals surface area contributed by atoms with Crippen molar-refractivity contribution in [3.8, 4) is 0 Å². The molecule has 3 heteroatoms. The van der Waals surface area contributed by atoms with Crippen LogP contribution in [0.4, 0.5) is 0 Å². The van der Waals surface area contributed by atoms with Gasteiger partial charge in [-0.25, -0.2) is 0 Å². The number of thioether (sulfide) groups is 1. The Morgan fingerprint density at radius 1 is 1.19 bits per heavy atom. The van der Waals surface area contributed by atoms with E-state index in [0.29, 0.717) is 12.1 Å². The first-order valence-corrected chi connectivity index (χ1v) is 9.13. The number of nitrogens with zero attached hydrogens (tertiary/aromatic N) is 1. The van der Waals surface area contributed by atoms with Crippen LogP contribution in [0.2, 0.25) is 0 Å². The van der Waals surface area contributed by atoms with Crippen LogP contribution in [-0.2, 0) is 6.42 Å². The second-order valence-electron chi connectivity index (χ2n) is 6.46. The van der Waals surface area contributed by atoms with Gasteiger partial charge >= 0.3 is 0 Å². The van der Waals surface area contributed by atoms with Crippen molar-refractivity contribution in [3.63, 3.8) is 0 Å². The molecule has 0 bridgehead atoms. The zero-order chi connectivity index (χ0) is 15.1. The molecule has 2 atom stereocenters. The summed E-state index contributed by atoms with van der Waals surface area (Å²) in [4.78, 5) is 4.83. The van der Waals surface area contributed by atoms with E-state index in [1.807, 2.05) is 11.8 Å². The highest BCUT2D eigenvalue weighted by Crippen LogP contribution is 2.20. The van der Waals surface area contributed by atoms with Crippen molar-refractivity contribution in [2.24, 2.45) is 10.9 Å². The van der Waals surface area contributed by atoms with E-state index in [1.54, 1.807) is 0 Å². The molecule has 0 saturated heterocycles. The van der Waals surface area contributed by atoms with Gasteiger partial charge in [0.05, 0.1) is 6.04 Å². The zero-order valence-electron chi connectivity index (χ0n) is 13.5. The monoisotopic (exact) mass is 304 g/mol. The predicted molar refractivity (Wildman–Crippen MR) is 95.1 cm³/mol. The van der Waals surface area contributed by atoms with Gasteiger partial charge in [0, 0.05) is 11.8 Å². The summed E-state index contributed by atoms with van der Waals surface area (Å²) in [6, 6.07) is 11.6. The Morgan fingerprint density at radius 3 is 2.67 bits per heavy atom. The fourth-order valence-electron chi connectivity index (χ4n) is 2.60. The van der Waals surface area contributed by atoms with Crippen LogP contribution in [0.25, 0.3) is 0 Å². The minimum absolute atomic E-state index is 0.433. The Kier molecular flexibility index (Phi) is 6.62. The quantitative estimate of drug-likeness (QED) is 0.802. The second-order valence-corrected chi connectivity index (χ2v) is 7.47. The maximum atomic E-state index is 4.83. The largest absolute Gasteiger partial charge is 0.362 e. The van der Waals surface area contributed by atoms with E-state index >= 15 is 0 Å². The molecule has 1 N–H and O–H groups in total. The standard InChI is InChI=1S/C18H28N2S/c1-14(2)8-7-9-15(3)19-18-20-17(13-21-18)12-16-10-5-4-6-11-16/h4-6,10-11,14-15,17H,7-9,12-13H2,1-3H3,(H,19,20). The Labute approximate surface area is 133 Å². The number of aliphatic imine (C=N–C) groups is 1. The summed E-state index contributed by atoms with van der Waals surface area (Å²) in [6.07, 6.45) is 4.92. The predicted octanol–water partition coefficient (Wildman–Crippen LogP) is 4.50. The molecule has 1 aliphatic rings. The number of rotatable bonds is 7. The minimum Gasteiger partial charge on any atom is -0.362 e. The molecule has 0 fully saturated rings. The smallest absolute Gasteiger partial charge is 0.157 e. The fourth-order valence-corrected chi connectivity index (χ4v) is 3.65. The Bertz CT molecular complexity index is 442. The number of nitrogens with one attached hydrogen (secondary N) is 1. The first-order valence-electron chi connectivity index (χ1n) is 8.14. The highest BCUT2D eigenvalue weighted by molar-refractivity contribution is 8.14. The molecule has 0 saturated carbocycles. The average Bonchev–Trinajstić information content (AvgIpc) is 2.86. The molecule has 1 aromatic carbocycles. The maximum Gasteiger partial charge on any atom is 0.157 e. The molecule has 1 heterocycles. The van der Waals surface area contributed by atoms with Crippen molar-refractivity contribution in [2.75, 3.05) is 5.75 Å². The normalized spacial score (nSPS) is 19.6. The van der Waals surface area contributed by atoms with Crippen molar-refractivity contribution in [1.82, 2.24) is 5.32 Å².